The van der Waals surface area contributed by atoms with Crippen molar-refractivity contribution in [3.63, 3.8) is 0 Å². The molecule has 0 amide bonds. The van der Waals surface area contributed by atoms with Gasteiger partial charge in [0, 0.05) is 0 Å². The maximum atomic E-state index is 5.32. The third-order valence-electron chi connectivity index (χ3n) is 6.78. The summed E-state index contributed by atoms with van der Waals surface area (Å²) in [6, 6.07) is 6.71. The van der Waals surface area contributed by atoms with E-state index in [1.54, 1.807) is 5.56 Å². The fraction of sp³-hybridized carbons (Fsp3) is 0.579. The smallest absolute Gasteiger partial charge is 0.122 e. The SMILES string of the molecule is CC1C=CC2C3CCc4cc(OP)ccc4C3CC[C@]12C. The standard InChI is InChI=1S/C19H25OP/c1-12-3-8-18-17-6-4-13-11-14(20-21)5-7-15(13)16(17)9-10-19(12,18)2/h3,5,7-8,11-12,16-18H,4,6,9-10,21H2,1-2H3/t12?,16?,17?,18?,19-/m1/s1. The van der Waals surface area contributed by atoms with E-state index in [1.165, 1.54) is 31.2 Å². The molecule has 3 aliphatic carbocycles. The zero-order valence-corrected chi connectivity index (χ0v) is 14.2. The van der Waals surface area contributed by atoms with Gasteiger partial charge in [-0.1, -0.05) is 32.1 Å². The molecule has 2 heteroatoms. The van der Waals surface area contributed by atoms with Gasteiger partial charge in [-0.15, -0.1) is 0 Å². The van der Waals surface area contributed by atoms with Crippen molar-refractivity contribution in [1.82, 2.24) is 0 Å². The first-order chi connectivity index (χ1) is 10.1. The van der Waals surface area contributed by atoms with Crippen LogP contribution in [0.25, 0.3) is 0 Å². The first kappa shape index (κ1) is 13.8. The van der Waals surface area contributed by atoms with Crippen molar-refractivity contribution >= 4 is 9.47 Å². The third kappa shape index (κ3) is 1.93. The van der Waals surface area contributed by atoms with Gasteiger partial charge in [0.1, 0.15) is 5.75 Å². The number of fused-ring (bicyclic) bond motifs is 5. The average molecular weight is 300 g/mol. The summed E-state index contributed by atoms with van der Waals surface area (Å²) in [6.45, 7) is 4.94. The summed E-state index contributed by atoms with van der Waals surface area (Å²) in [5, 5.41) is 0. The lowest BCUT2D eigenvalue weighted by Crippen LogP contribution is -2.42. The van der Waals surface area contributed by atoms with Crippen LogP contribution in [0.3, 0.4) is 0 Å². The molecular weight excluding hydrogens is 275 g/mol. The maximum Gasteiger partial charge on any atom is 0.122 e. The zero-order chi connectivity index (χ0) is 14.6. The van der Waals surface area contributed by atoms with Gasteiger partial charge in [0.25, 0.3) is 0 Å². The highest BCUT2D eigenvalue weighted by Crippen LogP contribution is 2.60. The van der Waals surface area contributed by atoms with Crippen LogP contribution in [0.5, 0.6) is 5.75 Å². The molecule has 3 aliphatic rings. The van der Waals surface area contributed by atoms with Crippen LogP contribution in [0.4, 0.5) is 0 Å². The second kappa shape index (κ2) is 4.85. The van der Waals surface area contributed by atoms with E-state index < -0.39 is 0 Å². The molecule has 6 atom stereocenters. The van der Waals surface area contributed by atoms with Crippen LogP contribution >= 0.6 is 9.47 Å². The highest BCUT2D eigenvalue weighted by molar-refractivity contribution is 7.10. The lowest BCUT2D eigenvalue weighted by Gasteiger charge is -2.50. The number of aryl methyl sites for hydroxylation is 1. The summed E-state index contributed by atoms with van der Waals surface area (Å²) in [4.78, 5) is 0. The second-order valence-corrected chi connectivity index (χ2v) is 7.77. The summed E-state index contributed by atoms with van der Waals surface area (Å²) in [5.74, 6) is 4.13. The maximum absolute atomic E-state index is 5.32. The van der Waals surface area contributed by atoms with E-state index in [9.17, 15) is 0 Å². The molecule has 0 aliphatic heterocycles. The minimum Gasteiger partial charge on any atom is -0.480 e. The van der Waals surface area contributed by atoms with Crippen LogP contribution in [0, 0.1) is 23.2 Å². The van der Waals surface area contributed by atoms with Gasteiger partial charge in [0.2, 0.25) is 0 Å². The molecule has 0 aromatic heterocycles. The summed E-state index contributed by atoms with van der Waals surface area (Å²) in [5.41, 5.74) is 3.64. The molecule has 5 unspecified atom stereocenters. The quantitative estimate of drug-likeness (QED) is 0.516. The van der Waals surface area contributed by atoms with E-state index in [2.05, 4.69) is 53.7 Å². The monoisotopic (exact) mass is 300 g/mol. The fourth-order valence-corrected chi connectivity index (χ4v) is 5.46. The Hall–Kier alpha value is -0.810. The topological polar surface area (TPSA) is 9.23 Å². The Bertz CT molecular complexity index is 593. The molecule has 1 nitrogen and oxygen atoms in total. The van der Waals surface area contributed by atoms with Crippen molar-refractivity contribution in [2.45, 2.75) is 45.4 Å². The van der Waals surface area contributed by atoms with E-state index in [1.807, 2.05) is 0 Å². The van der Waals surface area contributed by atoms with Gasteiger partial charge < -0.3 is 4.52 Å². The van der Waals surface area contributed by atoms with Gasteiger partial charge in [0.05, 0.1) is 9.47 Å². The van der Waals surface area contributed by atoms with Crippen LogP contribution in [-0.2, 0) is 6.42 Å². The van der Waals surface area contributed by atoms with E-state index in [4.69, 9.17) is 4.52 Å². The molecule has 4 rings (SSSR count). The molecule has 1 aromatic rings. The number of allylic oxidation sites excluding steroid dienone is 2. The van der Waals surface area contributed by atoms with Crippen LogP contribution in [-0.4, -0.2) is 0 Å². The predicted octanol–water partition coefficient (Wildman–Crippen LogP) is 5.12. The largest absolute Gasteiger partial charge is 0.480 e. The first-order valence-corrected chi connectivity index (χ1v) is 8.78. The summed E-state index contributed by atoms with van der Waals surface area (Å²) in [6.07, 6.45) is 10.3. The van der Waals surface area contributed by atoms with Crippen molar-refractivity contribution in [2.24, 2.45) is 23.2 Å². The molecule has 112 valence electrons. The average Bonchev–Trinajstić information content (AvgIpc) is 2.82. The highest BCUT2D eigenvalue weighted by Gasteiger charge is 2.51. The lowest BCUT2D eigenvalue weighted by molar-refractivity contribution is 0.0488. The molecule has 0 N–H and O–H groups in total. The van der Waals surface area contributed by atoms with E-state index in [0.29, 0.717) is 5.41 Å². The Balaban J connectivity index is 1.70. The Morgan fingerprint density at radius 2 is 2.10 bits per heavy atom. The van der Waals surface area contributed by atoms with Crippen molar-refractivity contribution in [3.8, 4) is 5.75 Å². The van der Waals surface area contributed by atoms with E-state index in [-0.39, 0.29) is 0 Å². The summed E-state index contributed by atoms with van der Waals surface area (Å²) < 4.78 is 5.32. The summed E-state index contributed by atoms with van der Waals surface area (Å²) >= 11 is 0. The Labute approximate surface area is 130 Å². The molecule has 0 bridgehead atoms. The number of hydrogen-bond donors (Lipinski definition) is 0. The van der Waals surface area contributed by atoms with Crippen molar-refractivity contribution in [1.29, 1.82) is 0 Å². The van der Waals surface area contributed by atoms with Gasteiger partial charge >= 0.3 is 0 Å². The van der Waals surface area contributed by atoms with Crippen LogP contribution in [0.2, 0.25) is 0 Å². The van der Waals surface area contributed by atoms with Crippen molar-refractivity contribution in [2.75, 3.05) is 0 Å². The first-order valence-electron chi connectivity index (χ1n) is 8.31. The highest BCUT2D eigenvalue weighted by atomic mass is 31.0. The molecule has 0 saturated heterocycles. The van der Waals surface area contributed by atoms with Gasteiger partial charge in [-0.25, -0.2) is 0 Å². The molecule has 0 radical (unpaired) electrons. The number of rotatable bonds is 1. The Kier molecular flexibility index (Phi) is 3.19. The number of benzene rings is 1. The van der Waals surface area contributed by atoms with Crippen LogP contribution in [0.1, 0.15) is 50.2 Å². The zero-order valence-electron chi connectivity index (χ0n) is 13.0. The van der Waals surface area contributed by atoms with Crippen molar-refractivity contribution in [3.05, 3.63) is 41.5 Å². The Morgan fingerprint density at radius 1 is 1.24 bits per heavy atom. The minimum atomic E-state index is 0.516. The van der Waals surface area contributed by atoms with Crippen LogP contribution < -0.4 is 4.52 Å². The van der Waals surface area contributed by atoms with Crippen LogP contribution in [0.15, 0.2) is 30.4 Å². The van der Waals surface area contributed by atoms with Gasteiger partial charge in [-0.05, 0) is 78.0 Å². The fourth-order valence-electron chi connectivity index (χ4n) is 5.31. The second-order valence-electron chi connectivity index (χ2n) is 7.53. The minimum absolute atomic E-state index is 0.516. The lowest BCUT2D eigenvalue weighted by atomic mass is 9.54. The molecule has 1 fully saturated rings. The molecule has 1 aromatic carbocycles. The van der Waals surface area contributed by atoms with Gasteiger partial charge in [-0.2, -0.15) is 0 Å². The van der Waals surface area contributed by atoms with Gasteiger partial charge in [0.15, 0.2) is 0 Å². The molecule has 0 spiro atoms. The molecule has 21 heavy (non-hydrogen) atoms. The molecule has 0 heterocycles. The van der Waals surface area contributed by atoms with E-state index >= 15 is 0 Å². The molecular formula is C19H25OP. The molecule has 1 saturated carbocycles. The normalized spacial score (nSPS) is 40.3. The predicted molar refractivity (Wildman–Crippen MR) is 90.5 cm³/mol. The van der Waals surface area contributed by atoms with Gasteiger partial charge in [-0.3, -0.25) is 0 Å². The Morgan fingerprint density at radius 3 is 2.90 bits per heavy atom. The summed E-state index contributed by atoms with van der Waals surface area (Å²) in [7, 11) is 2.36. The third-order valence-corrected chi connectivity index (χ3v) is 7.05. The number of hydrogen-bond acceptors (Lipinski definition) is 1. The van der Waals surface area contributed by atoms with Crippen molar-refractivity contribution < 1.29 is 4.52 Å². The van der Waals surface area contributed by atoms with E-state index in [0.717, 1.165) is 29.4 Å².